The van der Waals surface area contributed by atoms with Gasteiger partial charge in [-0.3, -0.25) is 4.79 Å². The average molecular weight is 346 g/mol. The van der Waals surface area contributed by atoms with Crippen LogP contribution in [0, 0.1) is 6.92 Å². The lowest BCUT2D eigenvalue weighted by Gasteiger charge is -2.05. The highest BCUT2D eigenvalue weighted by Crippen LogP contribution is 2.26. The van der Waals surface area contributed by atoms with E-state index < -0.39 is 0 Å². The van der Waals surface area contributed by atoms with Crippen LogP contribution in [0.5, 0.6) is 0 Å². The lowest BCUT2D eigenvalue weighted by molar-refractivity contribution is 0.0955. The summed E-state index contributed by atoms with van der Waals surface area (Å²) in [6, 6.07) is 22.4. The van der Waals surface area contributed by atoms with Gasteiger partial charge in [0.05, 0.1) is 10.4 Å². The van der Waals surface area contributed by atoms with Crippen molar-refractivity contribution in [1.82, 2.24) is 9.88 Å². The van der Waals surface area contributed by atoms with E-state index in [-0.39, 0.29) is 5.91 Å². The molecule has 0 aliphatic carbocycles. The molecule has 2 aromatic carbocycles. The van der Waals surface area contributed by atoms with Crippen molar-refractivity contribution < 1.29 is 4.79 Å². The summed E-state index contributed by atoms with van der Waals surface area (Å²) < 4.78 is 2.12. The van der Waals surface area contributed by atoms with E-state index in [1.807, 2.05) is 42.6 Å². The first kappa shape index (κ1) is 15.7. The van der Waals surface area contributed by atoms with Gasteiger partial charge in [-0.15, -0.1) is 11.3 Å². The van der Waals surface area contributed by atoms with Gasteiger partial charge in [0.15, 0.2) is 0 Å². The molecule has 4 heteroatoms. The molecular formula is C21H18N2OS. The second-order valence-electron chi connectivity index (χ2n) is 6.05. The minimum Gasteiger partial charge on any atom is -0.347 e. The third-order valence-electron chi connectivity index (χ3n) is 4.19. The molecule has 2 aromatic heterocycles. The first-order chi connectivity index (χ1) is 12.2. The van der Waals surface area contributed by atoms with Crippen molar-refractivity contribution in [3.05, 3.63) is 88.9 Å². The maximum Gasteiger partial charge on any atom is 0.261 e. The molecule has 4 aromatic rings. The number of nitrogens with zero attached hydrogens (tertiary/aromatic N) is 1. The summed E-state index contributed by atoms with van der Waals surface area (Å²) in [5.41, 5.74) is 3.46. The second-order valence-corrected chi connectivity index (χ2v) is 7.12. The lowest BCUT2D eigenvalue weighted by Crippen LogP contribution is -2.21. The Bertz CT molecular complexity index is 1040. The van der Waals surface area contributed by atoms with Gasteiger partial charge in [-0.05, 0) is 42.1 Å². The van der Waals surface area contributed by atoms with Gasteiger partial charge >= 0.3 is 0 Å². The average Bonchev–Trinajstić information content (AvgIpc) is 3.26. The zero-order valence-electron chi connectivity index (χ0n) is 13.9. The van der Waals surface area contributed by atoms with Crippen LogP contribution < -0.4 is 5.32 Å². The van der Waals surface area contributed by atoms with Gasteiger partial charge in [-0.2, -0.15) is 0 Å². The van der Waals surface area contributed by atoms with Crippen LogP contribution in [0.25, 0.3) is 15.9 Å². The number of carbonyl (C=O) groups excluding carboxylic acids is 1. The predicted molar refractivity (Wildman–Crippen MR) is 104 cm³/mol. The maximum absolute atomic E-state index is 12.4. The molecule has 0 saturated carbocycles. The number of hydrogen-bond donors (Lipinski definition) is 1. The van der Waals surface area contributed by atoms with Crippen LogP contribution in [0.15, 0.2) is 72.9 Å². The highest BCUT2D eigenvalue weighted by Gasteiger charge is 2.11. The van der Waals surface area contributed by atoms with Crippen molar-refractivity contribution in [2.45, 2.75) is 13.5 Å². The second kappa shape index (κ2) is 6.57. The Kier molecular flexibility index (Phi) is 4.12. The topological polar surface area (TPSA) is 34.0 Å². The van der Waals surface area contributed by atoms with Crippen LogP contribution >= 0.6 is 11.3 Å². The van der Waals surface area contributed by atoms with Crippen molar-refractivity contribution in [1.29, 1.82) is 0 Å². The summed E-state index contributed by atoms with van der Waals surface area (Å²) in [5, 5.41) is 5.24. The smallest absolute Gasteiger partial charge is 0.261 e. The molecule has 3 nitrogen and oxygen atoms in total. The quantitative estimate of drug-likeness (QED) is 0.558. The van der Waals surface area contributed by atoms with Crippen molar-refractivity contribution in [2.75, 3.05) is 0 Å². The van der Waals surface area contributed by atoms with Crippen LogP contribution in [0.2, 0.25) is 0 Å². The molecule has 0 aliphatic heterocycles. The van der Waals surface area contributed by atoms with Crippen molar-refractivity contribution in [3.63, 3.8) is 0 Å². The molecule has 0 spiro atoms. The molecule has 1 amide bonds. The van der Waals surface area contributed by atoms with Gasteiger partial charge in [-0.1, -0.05) is 48.0 Å². The van der Waals surface area contributed by atoms with E-state index >= 15 is 0 Å². The number of carbonyl (C=O) groups is 1. The largest absolute Gasteiger partial charge is 0.347 e. The number of aromatic nitrogens is 1. The summed E-state index contributed by atoms with van der Waals surface area (Å²) in [6.07, 6.45) is 2.05. The number of benzene rings is 2. The normalized spacial score (nSPS) is 10.9. The van der Waals surface area contributed by atoms with Crippen molar-refractivity contribution in [3.8, 4) is 5.00 Å². The maximum atomic E-state index is 12.4. The highest BCUT2D eigenvalue weighted by molar-refractivity contribution is 7.16. The Labute approximate surface area is 150 Å². The fourth-order valence-corrected chi connectivity index (χ4v) is 3.87. The summed E-state index contributed by atoms with van der Waals surface area (Å²) in [4.78, 5) is 13.2. The Morgan fingerprint density at radius 1 is 1.04 bits per heavy atom. The number of para-hydroxylation sites is 1. The number of amides is 1. The molecule has 0 atom stereocenters. The first-order valence-electron chi connectivity index (χ1n) is 8.21. The summed E-state index contributed by atoms with van der Waals surface area (Å²) in [5.74, 6) is -0.0331. The lowest BCUT2D eigenvalue weighted by atomic mass is 10.1. The van der Waals surface area contributed by atoms with E-state index in [2.05, 4.69) is 47.1 Å². The summed E-state index contributed by atoms with van der Waals surface area (Å²) in [7, 11) is 0. The third kappa shape index (κ3) is 3.21. The van der Waals surface area contributed by atoms with Crippen LogP contribution in [0.3, 0.4) is 0 Å². The zero-order chi connectivity index (χ0) is 17.2. The van der Waals surface area contributed by atoms with E-state index in [1.165, 1.54) is 22.3 Å². The van der Waals surface area contributed by atoms with E-state index in [0.29, 0.717) is 6.54 Å². The number of fused-ring (bicyclic) bond motifs is 1. The monoisotopic (exact) mass is 346 g/mol. The minimum absolute atomic E-state index is 0.0331. The van der Waals surface area contributed by atoms with E-state index in [1.54, 1.807) is 0 Å². The van der Waals surface area contributed by atoms with Gasteiger partial charge in [0.1, 0.15) is 5.00 Å². The fraction of sp³-hybridized carbons (Fsp3) is 0.0952. The molecule has 4 rings (SSSR count). The minimum atomic E-state index is -0.0331. The number of aryl methyl sites for hydroxylation is 1. The Morgan fingerprint density at radius 3 is 2.80 bits per heavy atom. The molecular weight excluding hydrogens is 328 g/mol. The first-order valence-corrected chi connectivity index (χ1v) is 9.02. The molecule has 25 heavy (non-hydrogen) atoms. The molecule has 124 valence electrons. The molecule has 0 bridgehead atoms. The van der Waals surface area contributed by atoms with Gasteiger partial charge < -0.3 is 9.88 Å². The van der Waals surface area contributed by atoms with Gasteiger partial charge in [0.2, 0.25) is 0 Å². The molecule has 0 unspecified atom stereocenters. The Morgan fingerprint density at radius 2 is 1.92 bits per heavy atom. The van der Waals surface area contributed by atoms with Crippen LogP contribution in [0.4, 0.5) is 0 Å². The number of hydrogen-bond acceptors (Lipinski definition) is 2. The van der Waals surface area contributed by atoms with Crippen molar-refractivity contribution >= 4 is 28.1 Å². The van der Waals surface area contributed by atoms with Crippen molar-refractivity contribution in [2.24, 2.45) is 0 Å². The SMILES string of the molecule is Cc1cccc(CNC(=O)c2ccc(-n3ccc4ccccc43)s2)c1. The van der Waals surface area contributed by atoms with Gasteiger partial charge in [-0.25, -0.2) is 0 Å². The third-order valence-corrected chi connectivity index (χ3v) is 5.27. The van der Waals surface area contributed by atoms with E-state index in [4.69, 9.17) is 0 Å². The molecule has 0 fully saturated rings. The predicted octanol–water partition coefficient (Wildman–Crippen LogP) is 4.93. The highest BCUT2D eigenvalue weighted by atomic mass is 32.1. The Balaban J connectivity index is 1.52. The van der Waals surface area contributed by atoms with Crippen LogP contribution in [-0.4, -0.2) is 10.5 Å². The van der Waals surface area contributed by atoms with Gasteiger partial charge in [0.25, 0.3) is 5.91 Å². The number of rotatable bonds is 4. The fourth-order valence-electron chi connectivity index (χ4n) is 2.95. The molecule has 2 heterocycles. The number of nitrogens with one attached hydrogen (secondary N) is 1. The van der Waals surface area contributed by atoms with Crippen LogP contribution in [-0.2, 0) is 6.54 Å². The van der Waals surface area contributed by atoms with E-state index in [9.17, 15) is 4.79 Å². The van der Waals surface area contributed by atoms with Crippen LogP contribution in [0.1, 0.15) is 20.8 Å². The number of thiophene rings is 1. The standard InChI is InChI=1S/C21H18N2OS/c1-15-5-4-6-16(13-15)14-22-21(24)19-9-10-20(25-19)23-12-11-17-7-2-3-8-18(17)23/h2-13H,14H2,1H3,(H,22,24). The molecule has 1 N–H and O–H groups in total. The molecule has 0 aliphatic rings. The zero-order valence-corrected chi connectivity index (χ0v) is 14.7. The summed E-state index contributed by atoms with van der Waals surface area (Å²) >= 11 is 1.50. The Hall–Kier alpha value is -2.85. The molecule has 0 radical (unpaired) electrons. The summed E-state index contributed by atoms with van der Waals surface area (Å²) in [6.45, 7) is 2.60. The molecule has 0 saturated heterocycles. The van der Waals surface area contributed by atoms with Gasteiger partial charge in [0, 0.05) is 12.7 Å². The van der Waals surface area contributed by atoms with E-state index in [0.717, 1.165) is 21.0 Å².